The van der Waals surface area contributed by atoms with Crippen LogP contribution in [-0.4, -0.2) is 25.7 Å². The lowest BCUT2D eigenvalue weighted by atomic mass is 10.2. The van der Waals surface area contributed by atoms with Gasteiger partial charge in [-0.05, 0) is 12.1 Å². The molecule has 1 unspecified atom stereocenters. The molecular weight excluding hydrogens is 204 g/mol. The molecule has 3 nitrogen and oxygen atoms in total. The van der Waals surface area contributed by atoms with Crippen molar-refractivity contribution in [1.82, 2.24) is 0 Å². The monoisotopic (exact) mass is 214 g/mol. The minimum absolute atomic E-state index is 0.0968. The highest BCUT2D eigenvalue weighted by Crippen LogP contribution is 2.40. The average Bonchev–Trinajstić information content (AvgIpc) is 2.27. The number of ether oxygens (including phenoxy) is 3. The van der Waals surface area contributed by atoms with Crippen LogP contribution in [0.2, 0.25) is 0 Å². The number of rotatable bonds is 2. The number of hydrogen-bond donors (Lipinski definition) is 0. The van der Waals surface area contributed by atoms with E-state index in [4.69, 9.17) is 25.8 Å². The highest BCUT2D eigenvalue weighted by molar-refractivity contribution is 6.18. The SMILES string of the molecule is COc1cccc2c1OC(CCl)CO2. The molecule has 2 rings (SSSR count). The maximum Gasteiger partial charge on any atom is 0.203 e. The predicted molar refractivity (Wildman–Crippen MR) is 53.6 cm³/mol. The maximum absolute atomic E-state index is 5.70. The summed E-state index contributed by atoms with van der Waals surface area (Å²) in [6, 6.07) is 5.54. The van der Waals surface area contributed by atoms with Gasteiger partial charge >= 0.3 is 0 Å². The molecule has 0 fully saturated rings. The van der Waals surface area contributed by atoms with Gasteiger partial charge in [0, 0.05) is 0 Å². The van der Waals surface area contributed by atoms with Crippen molar-refractivity contribution in [3.05, 3.63) is 18.2 Å². The van der Waals surface area contributed by atoms with Crippen LogP contribution < -0.4 is 14.2 Å². The normalized spacial score (nSPS) is 19.1. The standard InChI is InChI=1S/C10H11ClO3/c1-12-8-3-2-4-9-10(8)14-7(5-11)6-13-9/h2-4,7H,5-6H2,1H3. The van der Waals surface area contributed by atoms with Gasteiger partial charge in [-0.1, -0.05) is 6.07 Å². The summed E-state index contributed by atoms with van der Waals surface area (Å²) in [5.41, 5.74) is 0. The lowest BCUT2D eigenvalue weighted by Crippen LogP contribution is -2.30. The third-order valence-electron chi connectivity index (χ3n) is 2.04. The Bertz CT molecular complexity index is 313. The van der Waals surface area contributed by atoms with Gasteiger partial charge in [0.2, 0.25) is 5.75 Å². The van der Waals surface area contributed by atoms with Gasteiger partial charge in [-0.25, -0.2) is 0 Å². The molecule has 1 aliphatic heterocycles. The molecule has 0 radical (unpaired) electrons. The number of methoxy groups -OCH3 is 1. The van der Waals surface area contributed by atoms with Crippen LogP contribution in [0.3, 0.4) is 0 Å². The number of para-hydroxylation sites is 1. The Hall–Kier alpha value is -1.09. The zero-order chi connectivity index (χ0) is 9.97. The smallest absolute Gasteiger partial charge is 0.203 e. The number of hydrogen-bond acceptors (Lipinski definition) is 3. The van der Waals surface area contributed by atoms with Crippen LogP contribution >= 0.6 is 11.6 Å². The Labute approximate surface area is 87.5 Å². The maximum atomic E-state index is 5.70. The van der Waals surface area contributed by atoms with Crippen LogP contribution in [0, 0.1) is 0 Å². The van der Waals surface area contributed by atoms with Crippen molar-refractivity contribution in [2.24, 2.45) is 0 Å². The van der Waals surface area contributed by atoms with E-state index in [0.717, 1.165) is 0 Å². The molecule has 1 atom stereocenters. The van der Waals surface area contributed by atoms with Gasteiger partial charge in [0.25, 0.3) is 0 Å². The summed E-state index contributed by atoms with van der Waals surface area (Å²) in [6.45, 7) is 0.490. The van der Waals surface area contributed by atoms with Gasteiger partial charge in [-0.2, -0.15) is 0 Å². The van der Waals surface area contributed by atoms with Crippen LogP contribution in [0.1, 0.15) is 0 Å². The van der Waals surface area contributed by atoms with Gasteiger partial charge < -0.3 is 14.2 Å². The summed E-state index contributed by atoms with van der Waals surface area (Å²) in [4.78, 5) is 0. The third-order valence-corrected chi connectivity index (χ3v) is 2.39. The fourth-order valence-electron chi connectivity index (χ4n) is 1.35. The molecule has 14 heavy (non-hydrogen) atoms. The molecular formula is C10H11ClO3. The van der Waals surface area contributed by atoms with Crippen molar-refractivity contribution in [2.45, 2.75) is 6.10 Å². The lowest BCUT2D eigenvalue weighted by molar-refractivity contribution is 0.102. The van der Waals surface area contributed by atoms with Crippen LogP contribution in [0.4, 0.5) is 0 Å². The topological polar surface area (TPSA) is 27.7 Å². The first-order valence-corrected chi connectivity index (χ1v) is 4.91. The molecule has 0 N–H and O–H groups in total. The van der Waals surface area contributed by atoms with Crippen LogP contribution in [0.5, 0.6) is 17.2 Å². The third kappa shape index (κ3) is 1.60. The second kappa shape index (κ2) is 3.96. The van der Waals surface area contributed by atoms with E-state index < -0.39 is 0 Å². The summed E-state index contributed by atoms with van der Waals surface area (Å²) in [7, 11) is 1.60. The number of alkyl halides is 1. The molecule has 4 heteroatoms. The zero-order valence-corrected chi connectivity index (χ0v) is 8.58. The zero-order valence-electron chi connectivity index (χ0n) is 7.83. The quantitative estimate of drug-likeness (QED) is 0.706. The largest absolute Gasteiger partial charge is 0.493 e. The van der Waals surface area contributed by atoms with E-state index in [0.29, 0.717) is 29.7 Å². The Morgan fingerprint density at radius 2 is 2.43 bits per heavy atom. The van der Waals surface area contributed by atoms with Crippen LogP contribution in [0.25, 0.3) is 0 Å². The van der Waals surface area contributed by atoms with Crippen molar-refractivity contribution < 1.29 is 14.2 Å². The Morgan fingerprint density at radius 3 is 3.14 bits per heavy atom. The Balaban J connectivity index is 2.33. The van der Waals surface area contributed by atoms with E-state index >= 15 is 0 Å². The van der Waals surface area contributed by atoms with E-state index in [1.54, 1.807) is 7.11 Å². The molecule has 76 valence electrons. The molecule has 0 spiro atoms. The van der Waals surface area contributed by atoms with Crippen LogP contribution in [-0.2, 0) is 0 Å². The molecule has 0 bridgehead atoms. The van der Waals surface area contributed by atoms with E-state index in [1.807, 2.05) is 18.2 Å². The molecule has 1 aromatic carbocycles. The van der Waals surface area contributed by atoms with E-state index in [2.05, 4.69) is 0 Å². The van der Waals surface area contributed by atoms with E-state index in [-0.39, 0.29) is 6.10 Å². The predicted octanol–water partition coefficient (Wildman–Crippen LogP) is 2.07. The van der Waals surface area contributed by atoms with Crippen molar-refractivity contribution in [1.29, 1.82) is 0 Å². The van der Waals surface area contributed by atoms with E-state index in [1.165, 1.54) is 0 Å². The second-order valence-electron chi connectivity index (χ2n) is 2.99. The molecule has 1 aromatic rings. The highest BCUT2D eigenvalue weighted by Gasteiger charge is 2.23. The summed E-state index contributed by atoms with van der Waals surface area (Å²) >= 11 is 5.70. The minimum Gasteiger partial charge on any atom is -0.493 e. The second-order valence-corrected chi connectivity index (χ2v) is 3.30. The van der Waals surface area contributed by atoms with Crippen LogP contribution in [0.15, 0.2) is 18.2 Å². The first-order chi connectivity index (χ1) is 6.85. The summed E-state index contributed by atoms with van der Waals surface area (Å²) in [6.07, 6.45) is -0.0968. The first kappa shape index (κ1) is 9.46. The van der Waals surface area contributed by atoms with Crippen molar-refractivity contribution in [2.75, 3.05) is 19.6 Å². The molecule has 1 aliphatic rings. The molecule has 0 aliphatic carbocycles. The molecule has 1 heterocycles. The molecule has 0 amide bonds. The van der Waals surface area contributed by atoms with Gasteiger partial charge in [-0.3, -0.25) is 0 Å². The fourth-order valence-corrected chi connectivity index (χ4v) is 1.50. The minimum atomic E-state index is -0.0968. The summed E-state index contributed by atoms with van der Waals surface area (Å²) in [5, 5.41) is 0. The number of benzene rings is 1. The van der Waals surface area contributed by atoms with Gasteiger partial charge in [0.15, 0.2) is 11.5 Å². The van der Waals surface area contributed by atoms with E-state index in [9.17, 15) is 0 Å². The Kier molecular flexibility index (Phi) is 2.68. The molecule has 0 saturated heterocycles. The fraction of sp³-hybridized carbons (Fsp3) is 0.400. The summed E-state index contributed by atoms with van der Waals surface area (Å²) < 4.78 is 16.3. The number of halogens is 1. The summed E-state index contributed by atoms with van der Waals surface area (Å²) in [5.74, 6) is 2.45. The molecule has 0 aromatic heterocycles. The average molecular weight is 215 g/mol. The Morgan fingerprint density at radius 1 is 1.57 bits per heavy atom. The number of fused-ring (bicyclic) bond motifs is 1. The van der Waals surface area contributed by atoms with Crippen molar-refractivity contribution >= 4 is 11.6 Å². The highest BCUT2D eigenvalue weighted by atomic mass is 35.5. The van der Waals surface area contributed by atoms with Gasteiger partial charge in [-0.15, -0.1) is 11.6 Å². The van der Waals surface area contributed by atoms with Gasteiger partial charge in [0.05, 0.1) is 13.0 Å². The first-order valence-electron chi connectivity index (χ1n) is 4.37. The molecule has 0 saturated carbocycles. The van der Waals surface area contributed by atoms with Gasteiger partial charge in [0.1, 0.15) is 12.7 Å². The van der Waals surface area contributed by atoms with Crippen molar-refractivity contribution in [3.63, 3.8) is 0 Å². The lowest BCUT2D eigenvalue weighted by Gasteiger charge is -2.26. The van der Waals surface area contributed by atoms with Crippen molar-refractivity contribution in [3.8, 4) is 17.2 Å².